The van der Waals surface area contributed by atoms with Crippen LogP contribution in [0.1, 0.15) is 22.0 Å². The van der Waals surface area contributed by atoms with Crippen LogP contribution in [-0.4, -0.2) is 55.7 Å². The number of carbonyl (C=O) groups is 1. The zero-order chi connectivity index (χ0) is 23.0. The van der Waals surface area contributed by atoms with E-state index in [0.717, 1.165) is 18.7 Å². The molecule has 3 aromatic rings. The van der Waals surface area contributed by atoms with E-state index in [1.165, 1.54) is 12.1 Å². The minimum Gasteiger partial charge on any atom is -0.495 e. The summed E-state index contributed by atoms with van der Waals surface area (Å²) in [6.07, 6.45) is 1.63. The van der Waals surface area contributed by atoms with Crippen molar-refractivity contribution in [2.24, 2.45) is 0 Å². The van der Waals surface area contributed by atoms with Crippen LogP contribution < -0.4 is 15.4 Å². The fourth-order valence-electron chi connectivity index (χ4n) is 3.88. The number of benzene rings is 2. The van der Waals surface area contributed by atoms with Gasteiger partial charge in [-0.25, -0.2) is 9.37 Å². The number of morpholine rings is 1. The van der Waals surface area contributed by atoms with Crippen molar-refractivity contribution < 1.29 is 18.7 Å². The van der Waals surface area contributed by atoms with Gasteiger partial charge in [-0.3, -0.25) is 9.69 Å². The summed E-state index contributed by atoms with van der Waals surface area (Å²) in [4.78, 5) is 19.8. The van der Waals surface area contributed by atoms with Crippen LogP contribution in [0.3, 0.4) is 0 Å². The molecule has 0 radical (unpaired) electrons. The molecule has 7 nitrogen and oxygen atoms in total. The summed E-state index contributed by atoms with van der Waals surface area (Å²) in [5.41, 5.74) is 2.07. The van der Waals surface area contributed by atoms with Gasteiger partial charge in [0, 0.05) is 25.8 Å². The molecule has 0 saturated carbocycles. The number of carbonyl (C=O) groups excluding carboxylic acids is 1. The number of hydrogen-bond donors (Lipinski definition) is 2. The third-order valence-corrected chi connectivity index (χ3v) is 5.61. The van der Waals surface area contributed by atoms with Crippen LogP contribution in [0.4, 0.5) is 15.9 Å². The second kappa shape index (κ2) is 10.9. The molecule has 2 N–H and O–H groups in total. The molecule has 1 aromatic heterocycles. The fourth-order valence-corrected chi connectivity index (χ4v) is 3.88. The highest BCUT2D eigenvalue weighted by Crippen LogP contribution is 2.28. The standard InChI is InChI=1S/C25H27FN4O3/c1-32-23-7-3-2-6-21(23)29-24-20(5-4-12-27-24)25(31)28-17-22(30-13-15-33-16-14-30)18-8-10-19(26)11-9-18/h2-12,22H,13-17H2,1H3,(H,27,29)(H,28,31). The Bertz CT molecular complexity index is 1070. The molecule has 1 saturated heterocycles. The molecule has 8 heteroatoms. The quantitative estimate of drug-likeness (QED) is 0.544. The number of nitrogens with one attached hydrogen (secondary N) is 2. The minimum atomic E-state index is -0.286. The van der Waals surface area contributed by atoms with Gasteiger partial charge in [0.2, 0.25) is 0 Å². The van der Waals surface area contributed by atoms with Gasteiger partial charge >= 0.3 is 0 Å². The van der Waals surface area contributed by atoms with E-state index in [1.807, 2.05) is 24.3 Å². The van der Waals surface area contributed by atoms with Crippen molar-refractivity contribution in [1.82, 2.24) is 15.2 Å². The first-order valence-corrected chi connectivity index (χ1v) is 10.9. The topological polar surface area (TPSA) is 75.7 Å². The smallest absolute Gasteiger partial charge is 0.255 e. The monoisotopic (exact) mass is 450 g/mol. The molecule has 172 valence electrons. The Kier molecular flexibility index (Phi) is 7.49. The Morgan fingerprint density at radius 1 is 1.12 bits per heavy atom. The first kappa shape index (κ1) is 22.7. The molecule has 0 spiro atoms. The number of rotatable bonds is 8. The van der Waals surface area contributed by atoms with E-state index in [1.54, 1.807) is 37.6 Å². The molecule has 1 aliphatic rings. The Morgan fingerprint density at radius 3 is 2.64 bits per heavy atom. The summed E-state index contributed by atoms with van der Waals surface area (Å²) in [5.74, 6) is 0.550. The van der Waals surface area contributed by atoms with Gasteiger partial charge in [-0.05, 0) is 42.0 Å². The Balaban J connectivity index is 1.51. The summed E-state index contributed by atoms with van der Waals surface area (Å²) < 4.78 is 24.3. The number of anilines is 2. The zero-order valence-corrected chi connectivity index (χ0v) is 18.5. The van der Waals surface area contributed by atoms with Gasteiger partial charge in [0.1, 0.15) is 17.4 Å². The van der Waals surface area contributed by atoms with E-state index in [2.05, 4.69) is 20.5 Å². The number of halogens is 1. The van der Waals surface area contributed by atoms with Crippen LogP contribution >= 0.6 is 0 Å². The lowest BCUT2D eigenvalue weighted by molar-refractivity contribution is 0.0162. The molecule has 1 atom stereocenters. The molecule has 1 fully saturated rings. The number of aromatic nitrogens is 1. The molecule has 0 bridgehead atoms. The van der Waals surface area contributed by atoms with Gasteiger partial charge in [-0.15, -0.1) is 0 Å². The lowest BCUT2D eigenvalue weighted by atomic mass is 10.0. The molecule has 2 aromatic carbocycles. The van der Waals surface area contributed by atoms with Crippen LogP contribution in [0, 0.1) is 5.82 Å². The van der Waals surface area contributed by atoms with Crippen molar-refractivity contribution >= 4 is 17.4 Å². The Morgan fingerprint density at radius 2 is 1.88 bits per heavy atom. The number of pyridine rings is 1. The number of hydrogen-bond acceptors (Lipinski definition) is 6. The molecule has 0 aliphatic carbocycles. The predicted octanol–water partition coefficient (Wildman–Crippen LogP) is 3.78. The number of amides is 1. The molecule has 33 heavy (non-hydrogen) atoms. The molecule has 1 aliphatic heterocycles. The SMILES string of the molecule is COc1ccccc1Nc1ncccc1C(=O)NCC(c1ccc(F)cc1)N1CCOCC1. The maximum atomic E-state index is 13.5. The lowest BCUT2D eigenvalue weighted by Crippen LogP contribution is -2.43. The van der Waals surface area contributed by atoms with Crippen LogP contribution in [0.5, 0.6) is 5.75 Å². The van der Waals surface area contributed by atoms with Crippen LogP contribution in [-0.2, 0) is 4.74 Å². The molecular weight excluding hydrogens is 423 g/mol. The van der Waals surface area contributed by atoms with Gasteiger partial charge in [0.05, 0.1) is 37.6 Å². The molecule has 4 rings (SSSR count). The highest BCUT2D eigenvalue weighted by Gasteiger charge is 2.24. The molecule has 1 amide bonds. The molecule has 1 unspecified atom stereocenters. The highest BCUT2D eigenvalue weighted by atomic mass is 19.1. The van der Waals surface area contributed by atoms with E-state index >= 15 is 0 Å². The zero-order valence-electron chi connectivity index (χ0n) is 18.5. The Hall–Kier alpha value is -3.49. The normalized spacial score (nSPS) is 15.0. The highest BCUT2D eigenvalue weighted by molar-refractivity contribution is 5.99. The van der Waals surface area contributed by atoms with Crippen molar-refractivity contribution in [3.63, 3.8) is 0 Å². The third-order valence-electron chi connectivity index (χ3n) is 5.61. The first-order chi connectivity index (χ1) is 16.2. The van der Waals surface area contributed by atoms with Gasteiger partial charge in [-0.1, -0.05) is 24.3 Å². The van der Waals surface area contributed by atoms with Gasteiger partial charge in [-0.2, -0.15) is 0 Å². The van der Waals surface area contributed by atoms with E-state index < -0.39 is 0 Å². The van der Waals surface area contributed by atoms with Crippen LogP contribution in [0.25, 0.3) is 0 Å². The molecular formula is C25H27FN4O3. The summed E-state index contributed by atoms with van der Waals surface area (Å²) >= 11 is 0. The third kappa shape index (κ3) is 5.66. The second-order valence-electron chi connectivity index (χ2n) is 7.65. The van der Waals surface area contributed by atoms with Crippen LogP contribution in [0.15, 0.2) is 66.9 Å². The van der Waals surface area contributed by atoms with Crippen molar-refractivity contribution in [1.29, 1.82) is 0 Å². The number of methoxy groups -OCH3 is 1. The summed E-state index contributed by atoms with van der Waals surface area (Å²) in [5, 5.41) is 6.23. The van der Waals surface area contributed by atoms with Gasteiger partial charge < -0.3 is 20.1 Å². The maximum Gasteiger partial charge on any atom is 0.255 e. The first-order valence-electron chi connectivity index (χ1n) is 10.9. The van der Waals surface area contributed by atoms with Crippen molar-refractivity contribution in [2.75, 3.05) is 45.3 Å². The second-order valence-corrected chi connectivity index (χ2v) is 7.65. The summed E-state index contributed by atoms with van der Waals surface area (Å²) in [6, 6.07) is 17.2. The number of nitrogens with zero attached hydrogens (tertiary/aromatic N) is 2. The Labute approximate surface area is 192 Å². The maximum absolute atomic E-state index is 13.5. The number of para-hydroxylation sites is 2. The predicted molar refractivity (Wildman–Crippen MR) is 124 cm³/mol. The van der Waals surface area contributed by atoms with Gasteiger partial charge in [0.25, 0.3) is 5.91 Å². The van der Waals surface area contributed by atoms with Crippen molar-refractivity contribution in [3.8, 4) is 5.75 Å². The van der Waals surface area contributed by atoms with Gasteiger partial charge in [0.15, 0.2) is 0 Å². The summed E-state index contributed by atoms with van der Waals surface area (Å²) in [6.45, 7) is 3.10. The summed E-state index contributed by atoms with van der Waals surface area (Å²) in [7, 11) is 1.59. The van der Waals surface area contributed by atoms with E-state index in [0.29, 0.717) is 42.6 Å². The molecule has 2 heterocycles. The fraction of sp³-hybridized carbons (Fsp3) is 0.280. The lowest BCUT2D eigenvalue weighted by Gasteiger charge is -2.35. The largest absolute Gasteiger partial charge is 0.495 e. The van der Waals surface area contributed by atoms with Crippen LogP contribution in [0.2, 0.25) is 0 Å². The van der Waals surface area contributed by atoms with Crippen molar-refractivity contribution in [3.05, 3.63) is 83.8 Å². The van der Waals surface area contributed by atoms with E-state index in [-0.39, 0.29) is 17.8 Å². The van der Waals surface area contributed by atoms with Crippen molar-refractivity contribution in [2.45, 2.75) is 6.04 Å². The van der Waals surface area contributed by atoms with E-state index in [4.69, 9.17) is 9.47 Å². The average Bonchev–Trinajstić information content (AvgIpc) is 2.86. The van der Waals surface area contributed by atoms with E-state index in [9.17, 15) is 9.18 Å². The minimum absolute atomic E-state index is 0.0965. The number of ether oxygens (including phenoxy) is 2. The average molecular weight is 451 g/mol.